The van der Waals surface area contributed by atoms with E-state index in [2.05, 4.69) is 5.32 Å². The molecular weight excluding hydrogens is 470 g/mol. The molecule has 11 heteroatoms. The number of urea groups is 1. The van der Waals surface area contributed by atoms with Gasteiger partial charge in [-0.25, -0.2) is 18.1 Å². The van der Waals surface area contributed by atoms with Crippen molar-refractivity contribution in [3.05, 3.63) is 59.7 Å². The van der Waals surface area contributed by atoms with E-state index in [0.717, 1.165) is 5.56 Å². The molecule has 0 unspecified atom stereocenters. The fourth-order valence-corrected chi connectivity index (χ4v) is 6.02. The molecule has 1 atom stereocenters. The number of imide groups is 1. The molecule has 0 bridgehead atoms. The van der Waals surface area contributed by atoms with Crippen LogP contribution in [0.25, 0.3) is 0 Å². The van der Waals surface area contributed by atoms with E-state index in [1.807, 2.05) is 29.2 Å². The number of hydrogen-bond acceptors (Lipinski definition) is 7. The van der Waals surface area contributed by atoms with E-state index in [4.69, 9.17) is 4.74 Å². The minimum absolute atomic E-state index is 0.0165. The van der Waals surface area contributed by atoms with Crippen molar-refractivity contribution < 1.29 is 22.7 Å². The van der Waals surface area contributed by atoms with Crippen molar-refractivity contribution in [1.29, 1.82) is 5.26 Å². The van der Waals surface area contributed by atoms with E-state index in [9.17, 15) is 23.3 Å². The van der Waals surface area contributed by atoms with Gasteiger partial charge in [-0.1, -0.05) is 30.3 Å². The monoisotopic (exact) mass is 497 g/mol. The molecule has 184 valence electrons. The number of methoxy groups -OCH3 is 1. The normalized spacial score (nSPS) is 21.6. The summed E-state index contributed by atoms with van der Waals surface area (Å²) in [5, 5.41) is 12.1. The highest BCUT2D eigenvalue weighted by atomic mass is 32.2. The fraction of sp³-hybridized carbons (Fsp3) is 0.375. The summed E-state index contributed by atoms with van der Waals surface area (Å²) in [6.07, 6.45) is 0.280. The van der Waals surface area contributed by atoms with Crippen molar-refractivity contribution in [2.24, 2.45) is 0 Å². The van der Waals surface area contributed by atoms with Gasteiger partial charge in [0.05, 0.1) is 24.2 Å². The lowest BCUT2D eigenvalue weighted by Crippen LogP contribution is -2.53. The molecule has 2 aliphatic rings. The average Bonchev–Trinajstić information content (AvgIpc) is 3.07. The smallest absolute Gasteiger partial charge is 0.326 e. The molecular formula is C24H27N5O5S. The standard InChI is InChI=1S/C24H27N5O5S/c1-24(15-18-7-3-5-9-20(18)34-2)22(30)29(23(31)26-24)17-27-11-13-28(14-12-27)35(32,33)21-10-6-4-8-19(21)16-25/h3-10H,11-15,17H2,1-2H3,(H,26,31)/t24-/m0/s1. The SMILES string of the molecule is COc1ccccc1C[C@]1(C)NC(=O)N(CN2CCN(S(=O)(=O)c3ccccc3C#N)CC2)C1=O. The summed E-state index contributed by atoms with van der Waals surface area (Å²) in [5.74, 6) is 0.302. The summed E-state index contributed by atoms with van der Waals surface area (Å²) in [7, 11) is -2.27. The molecule has 1 N–H and O–H groups in total. The number of carbonyl (C=O) groups excluding carboxylic acids is 2. The molecule has 0 spiro atoms. The molecule has 2 aromatic rings. The maximum atomic E-state index is 13.2. The Morgan fingerprint density at radius 2 is 1.71 bits per heavy atom. The van der Waals surface area contributed by atoms with Crippen LogP contribution in [0.3, 0.4) is 0 Å². The molecule has 2 heterocycles. The second kappa shape index (κ2) is 9.65. The topological polar surface area (TPSA) is 123 Å². The van der Waals surface area contributed by atoms with Gasteiger partial charge in [0, 0.05) is 32.6 Å². The zero-order chi connectivity index (χ0) is 25.2. The third kappa shape index (κ3) is 4.73. The number of amides is 3. The van der Waals surface area contributed by atoms with E-state index < -0.39 is 21.6 Å². The first-order valence-corrected chi connectivity index (χ1v) is 12.6. The number of sulfonamides is 1. The van der Waals surface area contributed by atoms with Crippen LogP contribution in [0, 0.1) is 11.3 Å². The van der Waals surface area contributed by atoms with Crippen LogP contribution >= 0.6 is 0 Å². The van der Waals surface area contributed by atoms with Gasteiger partial charge in [-0.2, -0.15) is 9.57 Å². The van der Waals surface area contributed by atoms with Gasteiger partial charge in [-0.3, -0.25) is 9.69 Å². The van der Waals surface area contributed by atoms with E-state index in [0.29, 0.717) is 18.8 Å². The van der Waals surface area contributed by atoms with Crippen molar-refractivity contribution >= 4 is 22.0 Å². The highest BCUT2D eigenvalue weighted by Gasteiger charge is 2.48. The second-order valence-corrected chi connectivity index (χ2v) is 10.7. The Bertz CT molecular complexity index is 1280. The lowest BCUT2D eigenvalue weighted by molar-refractivity contribution is -0.132. The van der Waals surface area contributed by atoms with Gasteiger partial charge >= 0.3 is 6.03 Å². The van der Waals surface area contributed by atoms with Crippen LogP contribution in [0.4, 0.5) is 4.79 Å². The van der Waals surface area contributed by atoms with Crippen molar-refractivity contribution in [3.63, 3.8) is 0 Å². The number of piperazine rings is 1. The maximum Gasteiger partial charge on any atom is 0.326 e. The number of hydrogen-bond donors (Lipinski definition) is 1. The Hall–Kier alpha value is -3.46. The Morgan fingerprint density at radius 3 is 2.40 bits per heavy atom. The number of carbonyl (C=O) groups is 2. The number of nitrogens with zero attached hydrogens (tertiary/aromatic N) is 4. The first kappa shape index (κ1) is 24.7. The first-order valence-electron chi connectivity index (χ1n) is 11.2. The van der Waals surface area contributed by atoms with E-state index in [1.54, 1.807) is 32.2 Å². The number of nitrogens with one attached hydrogen (secondary N) is 1. The quantitative estimate of drug-likeness (QED) is 0.574. The molecule has 3 amide bonds. The van der Waals surface area contributed by atoms with Crippen LogP contribution in [0.1, 0.15) is 18.1 Å². The Morgan fingerprint density at radius 1 is 1.06 bits per heavy atom. The summed E-state index contributed by atoms with van der Waals surface area (Å²) < 4.78 is 32.8. The summed E-state index contributed by atoms with van der Waals surface area (Å²) in [5.41, 5.74) is -0.203. The van der Waals surface area contributed by atoms with Crippen LogP contribution in [-0.4, -0.2) is 80.0 Å². The highest BCUT2D eigenvalue weighted by molar-refractivity contribution is 7.89. The molecule has 35 heavy (non-hydrogen) atoms. The third-order valence-electron chi connectivity index (χ3n) is 6.38. The van der Waals surface area contributed by atoms with Gasteiger partial charge in [-0.05, 0) is 30.7 Å². The van der Waals surface area contributed by atoms with Gasteiger partial charge in [-0.15, -0.1) is 0 Å². The molecule has 10 nitrogen and oxygen atoms in total. The largest absolute Gasteiger partial charge is 0.496 e. The summed E-state index contributed by atoms with van der Waals surface area (Å²) in [6.45, 7) is 2.81. The van der Waals surface area contributed by atoms with E-state index >= 15 is 0 Å². The van der Waals surface area contributed by atoms with Crippen molar-refractivity contribution in [3.8, 4) is 11.8 Å². The summed E-state index contributed by atoms with van der Waals surface area (Å²) in [6, 6.07) is 14.9. The second-order valence-electron chi connectivity index (χ2n) is 8.76. The number of para-hydroxylation sites is 1. The number of benzene rings is 2. The fourth-order valence-electron chi connectivity index (χ4n) is 4.46. The lowest BCUT2D eigenvalue weighted by Gasteiger charge is -2.35. The molecule has 4 rings (SSSR count). The van der Waals surface area contributed by atoms with Crippen LogP contribution < -0.4 is 10.1 Å². The lowest BCUT2D eigenvalue weighted by atomic mass is 9.92. The highest BCUT2D eigenvalue weighted by Crippen LogP contribution is 2.28. The van der Waals surface area contributed by atoms with Crippen LogP contribution in [0.2, 0.25) is 0 Å². The molecule has 2 aromatic carbocycles. The predicted octanol–water partition coefficient (Wildman–Crippen LogP) is 1.38. The summed E-state index contributed by atoms with van der Waals surface area (Å²) in [4.78, 5) is 29.0. The molecule has 2 aliphatic heterocycles. The minimum atomic E-state index is -3.82. The van der Waals surface area contributed by atoms with Crippen molar-refractivity contribution in [1.82, 2.24) is 19.4 Å². The first-order chi connectivity index (χ1) is 16.7. The maximum absolute atomic E-state index is 13.2. The number of nitriles is 1. The number of rotatable bonds is 7. The minimum Gasteiger partial charge on any atom is -0.496 e. The molecule has 0 saturated carbocycles. The van der Waals surface area contributed by atoms with Gasteiger partial charge in [0.1, 0.15) is 17.4 Å². The molecule has 0 radical (unpaired) electrons. The van der Waals surface area contributed by atoms with Crippen LogP contribution in [-0.2, 0) is 21.2 Å². The van der Waals surface area contributed by atoms with Crippen molar-refractivity contribution in [2.45, 2.75) is 23.8 Å². The van der Waals surface area contributed by atoms with Gasteiger partial charge < -0.3 is 10.1 Å². The third-order valence-corrected chi connectivity index (χ3v) is 8.34. The van der Waals surface area contributed by atoms with Gasteiger partial charge in [0.2, 0.25) is 10.0 Å². The summed E-state index contributed by atoms with van der Waals surface area (Å²) >= 11 is 0. The molecule has 2 fully saturated rings. The predicted molar refractivity (Wildman–Crippen MR) is 127 cm³/mol. The Balaban J connectivity index is 1.41. The zero-order valence-corrected chi connectivity index (χ0v) is 20.4. The Kier molecular flexibility index (Phi) is 6.80. The van der Waals surface area contributed by atoms with Gasteiger partial charge in [0.15, 0.2) is 0 Å². The van der Waals surface area contributed by atoms with E-state index in [-0.39, 0.29) is 42.5 Å². The van der Waals surface area contributed by atoms with E-state index in [1.165, 1.54) is 21.3 Å². The average molecular weight is 498 g/mol. The zero-order valence-electron chi connectivity index (χ0n) is 19.6. The van der Waals surface area contributed by atoms with Gasteiger partial charge in [0.25, 0.3) is 5.91 Å². The van der Waals surface area contributed by atoms with Crippen LogP contribution in [0.5, 0.6) is 5.75 Å². The molecule has 2 saturated heterocycles. The number of ether oxygens (including phenoxy) is 1. The Labute approximate surface area is 204 Å². The van der Waals surface area contributed by atoms with Crippen molar-refractivity contribution in [2.75, 3.05) is 40.0 Å². The van der Waals surface area contributed by atoms with Crippen LogP contribution in [0.15, 0.2) is 53.4 Å². The molecule has 0 aromatic heterocycles. The molecule has 0 aliphatic carbocycles.